The summed E-state index contributed by atoms with van der Waals surface area (Å²) in [5, 5.41) is 1.13. The van der Waals surface area contributed by atoms with E-state index in [1.54, 1.807) is 29.7 Å². The first-order valence-corrected chi connectivity index (χ1v) is 10.3. The monoisotopic (exact) mass is 399 g/mol. The van der Waals surface area contributed by atoms with Crippen LogP contribution in [0.4, 0.5) is 4.39 Å². The molecule has 0 spiro atoms. The SMILES string of the molecule is CN(C)Cc1cnc(CN2CC(C)(C)C2c2nccn2-c2cccc(F)c2)s1. The molecule has 0 N–H and O–H groups in total. The van der Waals surface area contributed by atoms with Crippen molar-refractivity contribution in [1.82, 2.24) is 24.3 Å². The second kappa shape index (κ2) is 7.39. The highest BCUT2D eigenvalue weighted by Gasteiger charge is 2.48. The zero-order valence-electron chi connectivity index (χ0n) is 16.8. The summed E-state index contributed by atoms with van der Waals surface area (Å²) in [6.07, 6.45) is 5.69. The normalized spacial score (nSPS) is 19.1. The van der Waals surface area contributed by atoms with E-state index in [2.05, 4.69) is 47.7 Å². The number of hydrogen-bond donors (Lipinski definition) is 0. The molecule has 0 amide bonds. The lowest BCUT2D eigenvalue weighted by Crippen LogP contribution is -2.55. The van der Waals surface area contributed by atoms with Gasteiger partial charge < -0.3 is 9.47 Å². The van der Waals surface area contributed by atoms with Gasteiger partial charge in [0.2, 0.25) is 0 Å². The molecule has 1 saturated heterocycles. The topological polar surface area (TPSA) is 37.2 Å². The fraction of sp³-hybridized carbons (Fsp3) is 0.429. The fourth-order valence-corrected chi connectivity index (χ4v) is 5.15. The molecule has 148 valence electrons. The number of likely N-dealkylation sites (tertiary alicyclic amines) is 1. The fourth-order valence-electron chi connectivity index (χ4n) is 4.08. The molecular formula is C21H26FN5S. The standard InChI is InChI=1S/C21H26FN5S/c1-21(2)14-26(13-18-24-11-17(28-18)12-25(3)4)19(21)20-23-8-9-27(20)16-7-5-6-15(22)10-16/h5-11,19H,12-14H2,1-4H3. The summed E-state index contributed by atoms with van der Waals surface area (Å²) >= 11 is 1.77. The van der Waals surface area contributed by atoms with E-state index in [-0.39, 0.29) is 17.3 Å². The van der Waals surface area contributed by atoms with Crippen LogP contribution in [0.2, 0.25) is 0 Å². The molecule has 0 saturated carbocycles. The number of rotatable bonds is 6. The highest BCUT2D eigenvalue weighted by atomic mass is 32.1. The van der Waals surface area contributed by atoms with E-state index in [1.165, 1.54) is 10.9 Å². The zero-order chi connectivity index (χ0) is 19.9. The van der Waals surface area contributed by atoms with Crippen molar-refractivity contribution in [3.8, 4) is 5.69 Å². The summed E-state index contributed by atoms with van der Waals surface area (Å²) in [7, 11) is 4.14. The van der Waals surface area contributed by atoms with Gasteiger partial charge >= 0.3 is 0 Å². The third-order valence-electron chi connectivity index (χ3n) is 5.13. The number of hydrogen-bond acceptors (Lipinski definition) is 5. The van der Waals surface area contributed by atoms with Crippen LogP contribution >= 0.6 is 11.3 Å². The maximum absolute atomic E-state index is 13.7. The quantitative estimate of drug-likeness (QED) is 0.625. The molecule has 0 radical (unpaired) electrons. The largest absolute Gasteiger partial charge is 0.304 e. The molecule has 5 nitrogen and oxygen atoms in total. The third-order valence-corrected chi connectivity index (χ3v) is 6.09. The molecule has 1 aliphatic heterocycles. The number of aromatic nitrogens is 3. The van der Waals surface area contributed by atoms with Gasteiger partial charge in [0.1, 0.15) is 16.6 Å². The van der Waals surface area contributed by atoms with Crippen LogP contribution in [0, 0.1) is 11.2 Å². The summed E-state index contributed by atoms with van der Waals surface area (Å²) in [6, 6.07) is 6.83. The van der Waals surface area contributed by atoms with Gasteiger partial charge in [-0.15, -0.1) is 11.3 Å². The summed E-state index contributed by atoms with van der Waals surface area (Å²) in [4.78, 5) is 15.1. The van der Waals surface area contributed by atoms with Gasteiger partial charge in [0.05, 0.1) is 12.6 Å². The Labute approximate surface area is 169 Å². The van der Waals surface area contributed by atoms with Crippen LogP contribution in [-0.4, -0.2) is 45.0 Å². The Morgan fingerprint density at radius 2 is 2.11 bits per heavy atom. The third kappa shape index (κ3) is 3.74. The highest BCUT2D eigenvalue weighted by molar-refractivity contribution is 7.11. The highest BCUT2D eigenvalue weighted by Crippen LogP contribution is 2.48. The molecule has 3 heterocycles. The Kier molecular flexibility index (Phi) is 5.07. The minimum atomic E-state index is -0.238. The van der Waals surface area contributed by atoms with Gasteiger partial charge in [-0.3, -0.25) is 4.90 Å². The Hall–Kier alpha value is -2.09. The molecule has 1 aliphatic rings. The molecule has 1 atom stereocenters. The van der Waals surface area contributed by atoms with Crippen molar-refractivity contribution in [1.29, 1.82) is 0 Å². The summed E-state index contributed by atoms with van der Waals surface area (Å²) in [6.45, 7) is 7.23. The predicted octanol–water partition coefficient (Wildman–Crippen LogP) is 4.11. The van der Waals surface area contributed by atoms with Crippen LogP contribution in [0.15, 0.2) is 42.9 Å². The number of thiazole rings is 1. The van der Waals surface area contributed by atoms with E-state index >= 15 is 0 Å². The van der Waals surface area contributed by atoms with Crippen molar-refractivity contribution >= 4 is 11.3 Å². The van der Waals surface area contributed by atoms with Crippen molar-refractivity contribution in [3.63, 3.8) is 0 Å². The Bertz CT molecular complexity index is 961. The Balaban J connectivity index is 1.58. The second-order valence-electron chi connectivity index (χ2n) is 8.39. The van der Waals surface area contributed by atoms with E-state index < -0.39 is 0 Å². The average Bonchev–Trinajstić information content (AvgIpc) is 3.23. The second-order valence-corrected chi connectivity index (χ2v) is 9.59. The molecule has 1 fully saturated rings. The van der Waals surface area contributed by atoms with Crippen LogP contribution in [0.5, 0.6) is 0 Å². The molecule has 28 heavy (non-hydrogen) atoms. The average molecular weight is 400 g/mol. The van der Waals surface area contributed by atoms with E-state index in [1.807, 2.05) is 23.0 Å². The van der Waals surface area contributed by atoms with E-state index in [0.717, 1.165) is 36.2 Å². The minimum absolute atomic E-state index is 0.0974. The zero-order valence-corrected chi connectivity index (χ0v) is 17.6. The van der Waals surface area contributed by atoms with E-state index in [4.69, 9.17) is 0 Å². The van der Waals surface area contributed by atoms with Gasteiger partial charge in [-0.05, 0) is 32.3 Å². The number of halogens is 1. The van der Waals surface area contributed by atoms with Gasteiger partial charge in [0.25, 0.3) is 0 Å². The first-order chi connectivity index (χ1) is 13.3. The van der Waals surface area contributed by atoms with E-state index in [9.17, 15) is 4.39 Å². The molecule has 0 aliphatic carbocycles. The van der Waals surface area contributed by atoms with Crippen LogP contribution in [0.25, 0.3) is 5.69 Å². The van der Waals surface area contributed by atoms with Crippen molar-refractivity contribution in [2.24, 2.45) is 5.41 Å². The van der Waals surface area contributed by atoms with Crippen molar-refractivity contribution in [2.45, 2.75) is 33.0 Å². The van der Waals surface area contributed by atoms with Gasteiger partial charge in [-0.1, -0.05) is 19.9 Å². The van der Waals surface area contributed by atoms with Crippen molar-refractivity contribution in [3.05, 3.63) is 64.4 Å². The molecule has 4 rings (SSSR count). The predicted molar refractivity (Wildman–Crippen MR) is 110 cm³/mol. The number of benzene rings is 1. The van der Waals surface area contributed by atoms with Crippen LogP contribution < -0.4 is 0 Å². The van der Waals surface area contributed by atoms with Gasteiger partial charge in [-0.25, -0.2) is 14.4 Å². The molecule has 3 aromatic rings. The summed E-state index contributed by atoms with van der Waals surface area (Å²) < 4.78 is 15.7. The van der Waals surface area contributed by atoms with Gasteiger partial charge in [-0.2, -0.15) is 0 Å². The minimum Gasteiger partial charge on any atom is -0.304 e. The first kappa shape index (κ1) is 19.2. The lowest BCUT2D eigenvalue weighted by Gasteiger charge is -2.53. The summed E-state index contributed by atoms with van der Waals surface area (Å²) in [5.41, 5.74) is 0.901. The molecule has 1 unspecified atom stereocenters. The number of imidazole rings is 1. The molecular weight excluding hydrogens is 373 g/mol. The number of nitrogens with zero attached hydrogens (tertiary/aromatic N) is 5. The lowest BCUT2D eigenvalue weighted by atomic mass is 9.74. The van der Waals surface area contributed by atoms with Gasteiger partial charge in [0, 0.05) is 47.7 Å². The first-order valence-electron chi connectivity index (χ1n) is 9.45. The molecule has 1 aromatic carbocycles. The van der Waals surface area contributed by atoms with Crippen LogP contribution in [-0.2, 0) is 13.1 Å². The van der Waals surface area contributed by atoms with Gasteiger partial charge in [0.15, 0.2) is 0 Å². The maximum atomic E-state index is 13.7. The lowest BCUT2D eigenvalue weighted by molar-refractivity contribution is -0.0643. The van der Waals surface area contributed by atoms with Crippen LogP contribution in [0.3, 0.4) is 0 Å². The van der Waals surface area contributed by atoms with Crippen molar-refractivity contribution < 1.29 is 4.39 Å². The molecule has 7 heteroatoms. The van der Waals surface area contributed by atoms with E-state index in [0.29, 0.717) is 0 Å². The summed E-state index contributed by atoms with van der Waals surface area (Å²) in [5.74, 6) is 0.713. The Morgan fingerprint density at radius 1 is 1.29 bits per heavy atom. The van der Waals surface area contributed by atoms with Crippen LogP contribution in [0.1, 0.15) is 35.6 Å². The molecule has 0 bridgehead atoms. The maximum Gasteiger partial charge on any atom is 0.131 e. The van der Waals surface area contributed by atoms with Crippen molar-refractivity contribution in [2.75, 3.05) is 20.6 Å². The molecule has 2 aromatic heterocycles. The smallest absolute Gasteiger partial charge is 0.131 e. The Morgan fingerprint density at radius 3 is 2.82 bits per heavy atom.